The van der Waals surface area contributed by atoms with Crippen LogP contribution in [0.15, 0.2) is 48.5 Å². The number of nitrogens with one attached hydrogen (secondary N) is 1. The second-order valence-electron chi connectivity index (χ2n) is 8.22. The molecule has 0 radical (unpaired) electrons. The van der Waals surface area contributed by atoms with Gasteiger partial charge in [-0.05, 0) is 50.1 Å². The maximum absolute atomic E-state index is 13.9. The van der Waals surface area contributed by atoms with Crippen molar-refractivity contribution in [3.63, 3.8) is 0 Å². The molecule has 33 heavy (non-hydrogen) atoms. The average Bonchev–Trinajstić information content (AvgIpc) is 3.40. The van der Waals surface area contributed by atoms with Crippen LogP contribution in [0.25, 0.3) is 16.0 Å². The first-order valence-corrected chi connectivity index (χ1v) is 12.1. The second-order valence-corrected chi connectivity index (χ2v) is 9.63. The Morgan fingerprint density at radius 2 is 2.03 bits per heavy atom. The number of hydrogen-bond donors (Lipinski definition) is 1. The number of halogens is 2. The molecule has 3 heterocycles. The highest BCUT2D eigenvalue weighted by molar-refractivity contribution is 7.22. The molecule has 9 heteroatoms. The number of carbonyl (C=O) groups is 1. The Kier molecular flexibility index (Phi) is 6.03. The van der Waals surface area contributed by atoms with Gasteiger partial charge in [0.25, 0.3) is 0 Å². The quantitative estimate of drug-likeness (QED) is 0.428. The lowest BCUT2D eigenvalue weighted by Crippen LogP contribution is -2.43. The Morgan fingerprint density at radius 3 is 2.82 bits per heavy atom. The number of hydrogen-bond acceptors (Lipinski definition) is 5. The van der Waals surface area contributed by atoms with Crippen LogP contribution >= 0.6 is 22.9 Å². The van der Waals surface area contributed by atoms with Crippen LogP contribution in [-0.4, -0.2) is 33.8 Å². The minimum Gasteiger partial charge on any atom is -0.352 e. The Hall–Kier alpha value is -2.97. The van der Waals surface area contributed by atoms with E-state index in [4.69, 9.17) is 16.6 Å². The molecule has 1 N–H and O–H groups in total. The number of anilines is 1. The van der Waals surface area contributed by atoms with Crippen molar-refractivity contribution in [1.82, 2.24) is 20.1 Å². The molecule has 0 unspecified atom stereocenters. The summed E-state index contributed by atoms with van der Waals surface area (Å²) in [5.74, 6) is -0.512. The van der Waals surface area contributed by atoms with Crippen molar-refractivity contribution in [3.05, 3.63) is 70.6 Å². The first-order valence-electron chi connectivity index (χ1n) is 10.9. The van der Waals surface area contributed by atoms with E-state index < -0.39 is 0 Å². The maximum Gasteiger partial charge on any atom is 0.225 e. The number of fused-ring (bicyclic) bond motifs is 1. The van der Waals surface area contributed by atoms with Gasteiger partial charge in [-0.2, -0.15) is 10.1 Å². The Balaban J connectivity index is 1.32. The number of aromatic nitrogens is 3. The molecule has 0 saturated carbocycles. The highest BCUT2D eigenvalue weighted by atomic mass is 35.5. The van der Waals surface area contributed by atoms with Crippen molar-refractivity contribution in [2.75, 3.05) is 18.0 Å². The molecule has 1 aliphatic heterocycles. The summed E-state index contributed by atoms with van der Waals surface area (Å²) in [6.07, 6.45) is 1.71. The van der Waals surface area contributed by atoms with Crippen LogP contribution in [0.4, 0.5) is 9.52 Å². The van der Waals surface area contributed by atoms with E-state index in [0.717, 1.165) is 46.2 Å². The second kappa shape index (κ2) is 9.11. The Bertz CT molecular complexity index is 1300. The largest absolute Gasteiger partial charge is 0.352 e. The summed E-state index contributed by atoms with van der Waals surface area (Å²) in [5, 5.41) is 9.11. The van der Waals surface area contributed by atoms with E-state index in [1.807, 2.05) is 35.9 Å². The minimum absolute atomic E-state index is 0.0485. The van der Waals surface area contributed by atoms with Crippen molar-refractivity contribution >= 4 is 44.3 Å². The number of piperidine rings is 1. The topological polar surface area (TPSA) is 63.1 Å². The number of aryl methyl sites for hydroxylation is 1. The van der Waals surface area contributed by atoms with Crippen molar-refractivity contribution in [2.45, 2.75) is 26.3 Å². The first kappa shape index (κ1) is 21.9. The molecule has 2 aromatic heterocycles. The standard InChI is InChI=1S/C24H23ClFN5OS/c1-15-21-22(31(29-15)19-10-8-18(25)9-11-19)28-24(33-21)30-12-4-6-17(14-30)23(32)27-13-16-5-2-3-7-20(16)26/h2-3,5,7-11,17H,4,6,12-14H2,1H3,(H,27,32)/t17-/m1/s1. The van der Waals surface area contributed by atoms with Crippen LogP contribution < -0.4 is 10.2 Å². The molecule has 4 aromatic rings. The molecular formula is C24H23ClFN5OS. The number of benzene rings is 2. The van der Waals surface area contributed by atoms with E-state index in [1.54, 1.807) is 29.5 Å². The van der Waals surface area contributed by atoms with Crippen LogP contribution in [-0.2, 0) is 11.3 Å². The van der Waals surface area contributed by atoms with Crippen molar-refractivity contribution in [3.8, 4) is 5.69 Å². The third-order valence-corrected chi connectivity index (χ3v) is 7.39. The fourth-order valence-corrected chi connectivity index (χ4v) is 5.30. The third kappa shape index (κ3) is 4.45. The predicted molar refractivity (Wildman–Crippen MR) is 130 cm³/mol. The van der Waals surface area contributed by atoms with Crippen LogP contribution in [0.1, 0.15) is 24.1 Å². The summed E-state index contributed by atoms with van der Waals surface area (Å²) in [6.45, 7) is 3.61. The monoisotopic (exact) mass is 483 g/mol. The zero-order valence-electron chi connectivity index (χ0n) is 18.1. The number of nitrogens with zero attached hydrogens (tertiary/aromatic N) is 4. The lowest BCUT2D eigenvalue weighted by Gasteiger charge is -2.31. The summed E-state index contributed by atoms with van der Waals surface area (Å²) in [6, 6.07) is 14.0. The fraction of sp³-hybridized carbons (Fsp3) is 0.292. The third-order valence-electron chi connectivity index (χ3n) is 5.92. The molecule has 0 aliphatic carbocycles. The molecule has 2 aromatic carbocycles. The van der Waals surface area contributed by atoms with Gasteiger partial charge in [0, 0.05) is 30.2 Å². The highest BCUT2D eigenvalue weighted by Gasteiger charge is 2.28. The van der Waals surface area contributed by atoms with Gasteiger partial charge in [0.1, 0.15) is 5.82 Å². The number of thiazole rings is 1. The van der Waals surface area contributed by atoms with E-state index in [1.165, 1.54) is 6.07 Å². The molecule has 170 valence electrons. The van der Waals surface area contributed by atoms with E-state index in [2.05, 4.69) is 15.3 Å². The molecule has 1 saturated heterocycles. The first-order chi connectivity index (χ1) is 16.0. The molecule has 6 nitrogen and oxygen atoms in total. The van der Waals surface area contributed by atoms with Gasteiger partial charge in [0.2, 0.25) is 5.91 Å². The molecule has 0 bridgehead atoms. The number of amides is 1. The molecule has 0 spiro atoms. The molecule has 1 amide bonds. The van der Waals surface area contributed by atoms with Crippen LogP contribution in [0.5, 0.6) is 0 Å². The number of carbonyl (C=O) groups excluding carboxylic acids is 1. The van der Waals surface area contributed by atoms with Crippen LogP contribution in [0.3, 0.4) is 0 Å². The summed E-state index contributed by atoms with van der Waals surface area (Å²) >= 11 is 7.63. The van der Waals surface area contributed by atoms with Crippen molar-refractivity contribution in [1.29, 1.82) is 0 Å². The maximum atomic E-state index is 13.9. The van der Waals surface area contributed by atoms with Gasteiger partial charge in [0.15, 0.2) is 10.8 Å². The zero-order valence-corrected chi connectivity index (χ0v) is 19.7. The van der Waals surface area contributed by atoms with E-state index in [0.29, 0.717) is 17.1 Å². The lowest BCUT2D eigenvalue weighted by molar-refractivity contribution is -0.125. The Morgan fingerprint density at radius 1 is 1.24 bits per heavy atom. The Labute approximate surface area is 200 Å². The lowest BCUT2D eigenvalue weighted by atomic mass is 9.97. The normalized spacial score (nSPS) is 16.3. The van der Waals surface area contributed by atoms with Crippen molar-refractivity contribution in [2.24, 2.45) is 5.92 Å². The van der Waals surface area contributed by atoms with Gasteiger partial charge in [-0.3, -0.25) is 4.79 Å². The van der Waals surface area contributed by atoms with Gasteiger partial charge in [-0.1, -0.05) is 41.1 Å². The van der Waals surface area contributed by atoms with Gasteiger partial charge in [-0.25, -0.2) is 9.07 Å². The summed E-state index contributed by atoms with van der Waals surface area (Å²) in [5.41, 5.74) is 3.12. The number of rotatable bonds is 5. The minimum atomic E-state index is -0.303. The summed E-state index contributed by atoms with van der Waals surface area (Å²) in [7, 11) is 0. The summed E-state index contributed by atoms with van der Waals surface area (Å²) < 4.78 is 16.7. The van der Waals surface area contributed by atoms with E-state index >= 15 is 0 Å². The molecule has 1 atom stereocenters. The van der Waals surface area contributed by atoms with Crippen LogP contribution in [0, 0.1) is 18.7 Å². The zero-order chi connectivity index (χ0) is 22.9. The highest BCUT2D eigenvalue weighted by Crippen LogP contribution is 2.34. The molecule has 5 rings (SSSR count). The fourth-order valence-electron chi connectivity index (χ4n) is 4.15. The van der Waals surface area contributed by atoms with Crippen molar-refractivity contribution < 1.29 is 9.18 Å². The van der Waals surface area contributed by atoms with E-state index in [9.17, 15) is 9.18 Å². The van der Waals surface area contributed by atoms with Gasteiger partial charge < -0.3 is 10.2 Å². The van der Waals surface area contributed by atoms with E-state index in [-0.39, 0.29) is 24.2 Å². The molecular weight excluding hydrogens is 461 g/mol. The average molecular weight is 484 g/mol. The van der Waals surface area contributed by atoms with Gasteiger partial charge in [0.05, 0.1) is 22.0 Å². The van der Waals surface area contributed by atoms with Crippen LogP contribution in [0.2, 0.25) is 5.02 Å². The predicted octanol–water partition coefficient (Wildman–Crippen LogP) is 5.12. The molecule has 1 aliphatic rings. The SMILES string of the molecule is Cc1nn(-c2ccc(Cl)cc2)c2nc(N3CCC[C@@H](C(=O)NCc4ccccc4F)C3)sc12. The van der Waals surface area contributed by atoms with Gasteiger partial charge in [-0.15, -0.1) is 0 Å². The summed E-state index contributed by atoms with van der Waals surface area (Å²) in [4.78, 5) is 19.9. The van der Waals surface area contributed by atoms with Gasteiger partial charge >= 0.3 is 0 Å². The smallest absolute Gasteiger partial charge is 0.225 e. The molecule has 1 fully saturated rings.